The Morgan fingerprint density at radius 3 is 2.82 bits per heavy atom. The van der Waals surface area contributed by atoms with E-state index in [0.717, 1.165) is 41.4 Å². The Kier molecular flexibility index (Phi) is 5.44. The maximum absolute atomic E-state index is 12.8. The van der Waals surface area contributed by atoms with Gasteiger partial charge >= 0.3 is 0 Å². The predicted octanol–water partition coefficient (Wildman–Crippen LogP) is 4.08. The van der Waals surface area contributed by atoms with Crippen LogP contribution in [0.3, 0.4) is 0 Å². The molecule has 0 radical (unpaired) electrons. The molecular formula is C22H23ClN4O. The number of hydrogen-bond acceptors (Lipinski definition) is 3. The smallest absolute Gasteiger partial charge is 0.274 e. The number of aryl methyl sites for hydroxylation is 1. The summed E-state index contributed by atoms with van der Waals surface area (Å²) in [5.41, 5.74) is 3.62. The van der Waals surface area contributed by atoms with Gasteiger partial charge in [-0.05, 0) is 42.7 Å². The number of pyridine rings is 1. The van der Waals surface area contributed by atoms with Crippen molar-refractivity contribution < 1.29 is 4.79 Å². The molecule has 144 valence electrons. The number of amides is 1. The molecular weight excluding hydrogens is 372 g/mol. The van der Waals surface area contributed by atoms with E-state index in [4.69, 9.17) is 16.6 Å². The second kappa shape index (κ2) is 8.15. The lowest BCUT2D eigenvalue weighted by molar-refractivity contribution is 0.0699. The molecule has 0 bridgehead atoms. The summed E-state index contributed by atoms with van der Waals surface area (Å²) in [5.74, 6) is 0.241. The molecule has 1 atom stereocenters. The van der Waals surface area contributed by atoms with E-state index in [1.165, 1.54) is 0 Å². The Bertz CT molecular complexity index is 984. The summed E-state index contributed by atoms with van der Waals surface area (Å²) < 4.78 is 1.66. The topological polar surface area (TPSA) is 51.0 Å². The molecule has 6 heteroatoms. The highest BCUT2D eigenvalue weighted by Crippen LogP contribution is 2.27. The zero-order valence-electron chi connectivity index (χ0n) is 15.9. The number of carbonyl (C=O) groups is 1. The van der Waals surface area contributed by atoms with Crippen molar-refractivity contribution in [3.63, 3.8) is 0 Å². The molecule has 0 aliphatic carbocycles. The van der Waals surface area contributed by atoms with Crippen molar-refractivity contribution in [2.45, 2.75) is 25.2 Å². The highest BCUT2D eigenvalue weighted by Gasteiger charge is 2.27. The second-order valence-corrected chi connectivity index (χ2v) is 7.69. The minimum Gasteiger partial charge on any atom is -0.337 e. The van der Waals surface area contributed by atoms with Crippen LogP contribution in [0.2, 0.25) is 5.02 Å². The molecule has 0 unspecified atom stereocenters. The number of likely N-dealkylation sites (tertiary alicyclic amines) is 1. The molecule has 0 saturated carbocycles. The highest BCUT2D eigenvalue weighted by molar-refractivity contribution is 6.31. The minimum atomic E-state index is -0.00229. The molecule has 0 spiro atoms. The van der Waals surface area contributed by atoms with Crippen molar-refractivity contribution in [1.82, 2.24) is 19.7 Å². The Labute approximate surface area is 170 Å². The highest BCUT2D eigenvalue weighted by atomic mass is 35.5. The lowest BCUT2D eigenvalue weighted by Gasteiger charge is -2.32. The van der Waals surface area contributed by atoms with Crippen molar-refractivity contribution in [2.24, 2.45) is 7.05 Å². The molecule has 2 aromatic heterocycles. The van der Waals surface area contributed by atoms with Crippen molar-refractivity contribution in [1.29, 1.82) is 0 Å². The molecule has 1 aliphatic heterocycles. The molecule has 1 fully saturated rings. The van der Waals surface area contributed by atoms with Crippen molar-refractivity contribution in [2.75, 3.05) is 13.1 Å². The van der Waals surface area contributed by atoms with Crippen molar-refractivity contribution >= 4 is 17.5 Å². The van der Waals surface area contributed by atoms with E-state index in [-0.39, 0.29) is 11.8 Å². The van der Waals surface area contributed by atoms with Gasteiger partial charge in [0.15, 0.2) is 0 Å². The van der Waals surface area contributed by atoms with Crippen LogP contribution in [0.4, 0.5) is 0 Å². The quantitative estimate of drug-likeness (QED) is 0.670. The summed E-state index contributed by atoms with van der Waals surface area (Å²) in [7, 11) is 1.82. The Hall–Kier alpha value is -2.66. The number of aromatic nitrogens is 3. The first-order valence-electron chi connectivity index (χ1n) is 9.58. The van der Waals surface area contributed by atoms with Gasteiger partial charge in [0.2, 0.25) is 0 Å². The van der Waals surface area contributed by atoms with E-state index < -0.39 is 0 Å². The third-order valence-corrected chi connectivity index (χ3v) is 5.59. The molecule has 4 rings (SSSR count). The summed E-state index contributed by atoms with van der Waals surface area (Å²) in [6.45, 7) is 1.45. The summed E-state index contributed by atoms with van der Waals surface area (Å²) in [4.78, 5) is 19.5. The summed E-state index contributed by atoms with van der Waals surface area (Å²) in [6.07, 6.45) is 4.51. The average Bonchev–Trinajstić information content (AvgIpc) is 3.16. The Morgan fingerprint density at radius 2 is 2.04 bits per heavy atom. The fourth-order valence-corrected chi connectivity index (χ4v) is 3.96. The van der Waals surface area contributed by atoms with Crippen LogP contribution in [0.15, 0.2) is 54.7 Å². The Morgan fingerprint density at radius 1 is 1.18 bits per heavy atom. The van der Waals surface area contributed by atoms with E-state index >= 15 is 0 Å². The summed E-state index contributed by atoms with van der Waals surface area (Å²) >= 11 is 6.30. The van der Waals surface area contributed by atoms with E-state index in [9.17, 15) is 4.79 Å². The molecule has 28 heavy (non-hydrogen) atoms. The largest absolute Gasteiger partial charge is 0.337 e. The monoisotopic (exact) mass is 394 g/mol. The standard InChI is InChI=1S/C22H23ClN4O/c1-26-13-11-21(25-26)22(28)27-12-5-7-17(15-27)20-10-4-8-18(24-20)14-16-6-2-3-9-19(16)23/h2-4,6,8-11,13,17H,5,7,12,14-15H2,1H3/t17-/m0/s1. The van der Waals surface area contributed by atoms with Gasteiger partial charge < -0.3 is 4.90 Å². The lowest BCUT2D eigenvalue weighted by atomic mass is 9.93. The summed E-state index contributed by atoms with van der Waals surface area (Å²) in [6, 6.07) is 15.8. The number of hydrogen-bond donors (Lipinski definition) is 0. The fraction of sp³-hybridized carbons (Fsp3) is 0.318. The van der Waals surface area contributed by atoms with Crippen molar-refractivity contribution in [3.8, 4) is 0 Å². The normalized spacial score (nSPS) is 16.9. The van der Waals surface area contributed by atoms with Crippen LogP contribution >= 0.6 is 11.6 Å². The van der Waals surface area contributed by atoms with Gasteiger partial charge in [-0.3, -0.25) is 14.5 Å². The van der Waals surface area contributed by atoms with Gasteiger partial charge in [-0.2, -0.15) is 5.10 Å². The van der Waals surface area contributed by atoms with Gasteiger partial charge in [-0.25, -0.2) is 0 Å². The number of nitrogens with zero attached hydrogens (tertiary/aromatic N) is 4. The zero-order chi connectivity index (χ0) is 19.5. The molecule has 5 nitrogen and oxygen atoms in total. The molecule has 1 amide bonds. The molecule has 3 heterocycles. The van der Waals surface area contributed by atoms with Crippen LogP contribution in [-0.4, -0.2) is 38.7 Å². The predicted molar refractivity (Wildman–Crippen MR) is 110 cm³/mol. The first-order valence-corrected chi connectivity index (χ1v) is 9.96. The van der Waals surface area contributed by atoms with Gasteiger partial charge in [-0.15, -0.1) is 0 Å². The molecule has 1 aromatic carbocycles. The molecule has 0 N–H and O–H groups in total. The van der Waals surface area contributed by atoms with Gasteiger partial charge in [0.1, 0.15) is 5.69 Å². The summed E-state index contributed by atoms with van der Waals surface area (Å²) in [5, 5.41) is 5.01. The van der Waals surface area contributed by atoms with E-state index in [1.807, 2.05) is 48.3 Å². The SMILES string of the molecule is Cn1ccc(C(=O)N2CCC[C@H](c3cccc(Cc4ccccc4Cl)n3)C2)n1. The van der Waals surface area contributed by atoms with Gasteiger partial charge in [0, 0.05) is 55.1 Å². The first kappa shape index (κ1) is 18.7. The van der Waals surface area contributed by atoms with Gasteiger partial charge in [-0.1, -0.05) is 35.9 Å². The number of benzene rings is 1. The Balaban J connectivity index is 1.49. The lowest BCUT2D eigenvalue weighted by Crippen LogP contribution is -2.39. The van der Waals surface area contributed by atoms with Crippen LogP contribution in [-0.2, 0) is 13.5 Å². The minimum absolute atomic E-state index is 0.00229. The van der Waals surface area contributed by atoms with Crippen molar-refractivity contribution in [3.05, 3.63) is 82.4 Å². The molecule has 1 aliphatic rings. The maximum atomic E-state index is 12.8. The van der Waals surface area contributed by atoms with Crippen LogP contribution < -0.4 is 0 Å². The second-order valence-electron chi connectivity index (χ2n) is 7.29. The van der Waals surface area contributed by atoms with E-state index in [1.54, 1.807) is 16.9 Å². The number of piperidine rings is 1. The number of halogens is 1. The van der Waals surface area contributed by atoms with Crippen LogP contribution in [0.25, 0.3) is 0 Å². The van der Waals surface area contributed by atoms with Crippen LogP contribution in [0, 0.1) is 0 Å². The van der Waals surface area contributed by atoms with Crippen LogP contribution in [0.5, 0.6) is 0 Å². The van der Waals surface area contributed by atoms with Gasteiger partial charge in [0.05, 0.1) is 0 Å². The van der Waals surface area contributed by atoms with Crippen LogP contribution in [0.1, 0.15) is 46.2 Å². The third kappa shape index (κ3) is 4.09. The zero-order valence-corrected chi connectivity index (χ0v) is 16.6. The van der Waals surface area contributed by atoms with E-state index in [2.05, 4.69) is 11.2 Å². The first-order chi connectivity index (χ1) is 13.6. The number of rotatable bonds is 4. The average molecular weight is 395 g/mol. The third-order valence-electron chi connectivity index (χ3n) is 5.22. The fourth-order valence-electron chi connectivity index (χ4n) is 3.75. The molecule has 1 saturated heterocycles. The molecule has 3 aromatic rings. The maximum Gasteiger partial charge on any atom is 0.274 e. The number of carbonyl (C=O) groups excluding carboxylic acids is 1. The van der Waals surface area contributed by atoms with E-state index in [0.29, 0.717) is 18.7 Å². The van der Waals surface area contributed by atoms with Gasteiger partial charge in [0.25, 0.3) is 5.91 Å².